The van der Waals surface area contributed by atoms with Gasteiger partial charge < -0.3 is 10.1 Å². The van der Waals surface area contributed by atoms with Gasteiger partial charge in [-0.15, -0.1) is 13.2 Å². The lowest BCUT2D eigenvalue weighted by molar-refractivity contribution is -0.274. The van der Waals surface area contributed by atoms with Gasteiger partial charge in [-0.05, 0) is 49.1 Å². The molecular weight excluding hydrogens is 433 g/mol. The first-order valence-electron chi connectivity index (χ1n) is 9.84. The van der Waals surface area contributed by atoms with E-state index in [0.717, 1.165) is 24.1 Å². The van der Waals surface area contributed by atoms with E-state index >= 15 is 0 Å². The maximum absolute atomic E-state index is 12.8. The number of anilines is 1. The molecule has 10 heteroatoms. The molecule has 6 nitrogen and oxygen atoms in total. The molecule has 1 aliphatic heterocycles. The third kappa shape index (κ3) is 5.98. The van der Waals surface area contributed by atoms with Crippen LogP contribution < -0.4 is 10.1 Å². The molecule has 1 saturated heterocycles. The molecule has 0 radical (unpaired) electrons. The number of amides is 1. The molecule has 168 valence electrons. The average molecular weight is 456 g/mol. The molecule has 31 heavy (non-hydrogen) atoms. The number of nitrogens with zero attached hydrogens (tertiary/aromatic N) is 1. The Hall–Kier alpha value is -2.59. The molecule has 0 saturated carbocycles. The first kappa shape index (κ1) is 23.1. The van der Waals surface area contributed by atoms with Crippen LogP contribution in [0.1, 0.15) is 25.3 Å². The van der Waals surface area contributed by atoms with Gasteiger partial charge in [0.25, 0.3) is 0 Å². The van der Waals surface area contributed by atoms with Crippen molar-refractivity contribution in [3.63, 3.8) is 0 Å². The highest BCUT2D eigenvalue weighted by molar-refractivity contribution is 7.89. The van der Waals surface area contributed by atoms with E-state index in [1.807, 2.05) is 31.2 Å². The molecule has 0 unspecified atom stereocenters. The SMILES string of the molecule is CCc1ccc(NC(=O)C2CCN(S(=O)(=O)c3cccc(OC(F)(F)F)c3)CC2)cc1. The number of rotatable bonds is 6. The monoisotopic (exact) mass is 456 g/mol. The summed E-state index contributed by atoms with van der Waals surface area (Å²) in [6.45, 7) is 2.23. The van der Waals surface area contributed by atoms with Gasteiger partial charge in [0.15, 0.2) is 0 Å². The van der Waals surface area contributed by atoms with Crippen molar-refractivity contribution in [2.45, 2.75) is 37.4 Å². The third-order valence-corrected chi connectivity index (χ3v) is 7.03. The highest BCUT2D eigenvalue weighted by atomic mass is 32.2. The Morgan fingerprint density at radius 1 is 1.13 bits per heavy atom. The molecule has 0 aliphatic carbocycles. The molecule has 2 aromatic rings. The normalized spacial score (nSPS) is 16.1. The number of halogens is 3. The maximum atomic E-state index is 12.8. The molecular formula is C21H23F3N2O4S. The number of nitrogens with one attached hydrogen (secondary N) is 1. The number of ether oxygens (including phenoxy) is 1. The largest absolute Gasteiger partial charge is 0.573 e. The van der Waals surface area contributed by atoms with Crippen LogP contribution in [0, 0.1) is 5.92 Å². The van der Waals surface area contributed by atoms with Crippen molar-refractivity contribution < 1.29 is 31.1 Å². The molecule has 3 rings (SSSR count). The van der Waals surface area contributed by atoms with Crippen molar-refractivity contribution in [1.29, 1.82) is 0 Å². The van der Waals surface area contributed by atoms with Crippen molar-refractivity contribution in [3.8, 4) is 5.75 Å². The zero-order chi connectivity index (χ0) is 22.6. The second-order valence-electron chi connectivity index (χ2n) is 7.24. The van der Waals surface area contributed by atoms with Crippen LogP contribution in [0.25, 0.3) is 0 Å². The van der Waals surface area contributed by atoms with E-state index in [1.165, 1.54) is 16.4 Å². The summed E-state index contributed by atoms with van der Waals surface area (Å²) in [6.07, 6.45) is -3.38. The van der Waals surface area contributed by atoms with Gasteiger partial charge in [-0.1, -0.05) is 25.1 Å². The number of hydrogen-bond donors (Lipinski definition) is 1. The first-order valence-corrected chi connectivity index (χ1v) is 11.3. The van der Waals surface area contributed by atoms with Crippen LogP contribution >= 0.6 is 0 Å². The van der Waals surface area contributed by atoms with Crippen molar-refractivity contribution in [1.82, 2.24) is 4.31 Å². The smallest absolute Gasteiger partial charge is 0.406 e. The predicted molar refractivity (Wildman–Crippen MR) is 109 cm³/mol. The van der Waals surface area contributed by atoms with Crippen molar-refractivity contribution in [2.24, 2.45) is 5.92 Å². The molecule has 1 N–H and O–H groups in total. The van der Waals surface area contributed by atoms with Gasteiger partial charge >= 0.3 is 6.36 Å². The minimum atomic E-state index is -4.91. The lowest BCUT2D eigenvalue weighted by Crippen LogP contribution is -2.41. The molecule has 0 spiro atoms. The van der Waals surface area contributed by atoms with Crippen LogP contribution in [0.3, 0.4) is 0 Å². The zero-order valence-electron chi connectivity index (χ0n) is 16.9. The number of hydrogen-bond acceptors (Lipinski definition) is 4. The van der Waals surface area contributed by atoms with Crippen molar-refractivity contribution in [2.75, 3.05) is 18.4 Å². The van der Waals surface area contributed by atoms with E-state index < -0.39 is 22.1 Å². The fraction of sp³-hybridized carbons (Fsp3) is 0.381. The Bertz CT molecular complexity index is 1020. The summed E-state index contributed by atoms with van der Waals surface area (Å²) >= 11 is 0. The van der Waals surface area contributed by atoms with E-state index in [4.69, 9.17) is 0 Å². The predicted octanol–water partition coefficient (Wildman–Crippen LogP) is 4.19. The van der Waals surface area contributed by atoms with Crippen LogP contribution in [0.2, 0.25) is 0 Å². The molecule has 2 aromatic carbocycles. The molecule has 1 heterocycles. The van der Waals surface area contributed by atoms with E-state index in [1.54, 1.807) is 0 Å². The highest BCUT2D eigenvalue weighted by Crippen LogP contribution is 2.29. The van der Waals surface area contributed by atoms with Crippen LogP contribution in [0.4, 0.5) is 18.9 Å². The lowest BCUT2D eigenvalue weighted by atomic mass is 9.97. The second-order valence-corrected chi connectivity index (χ2v) is 9.18. The molecule has 1 aliphatic rings. The summed E-state index contributed by atoms with van der Waals surface area (Å²) in [4.78, 5) is 12.2. The van der Waals surface area contributed by atoms with E-state index in [-0.39, 0.29) is 29.8 Å². The second kappa shape index (κ2) is 9.27. The van der Waals surface area contributed by atoms with Gasteiger partial charge in [-0.2, -0.15) is 4.31 Å². The Kier molecular flexibility index (Phi) is 6.90. The van der Waals surface area contributed by atoms with E-state index in [9.17, 15) is 26.4 Å². The van der Waals surface area contributed by atoms with Gasteiger partial charge in [0.2, 0.25) is 15.9 Å². The Morgan fingerprint density at radius 3 is 2.35 bits per heavy atom. The number of carbonyl (C=O) groups excluding carboxylic acids is 1. The third-order valence-electron chi connectivity index (χ3n) is 5.13. The molecule has 0 aromatic heterocycles. The Balaban J connectivity index is 1.61. The van der Waals surface area contributed by atoms with Crippen molar-refractivity contribution >= 4 is 21.6 Å². The Labute approximate surface area is 179 Å². The number of aryl methyl sites for hydroxylation is 1. The number of piperidine rings is 1. The number of sulfonamides is 1. The summed E-state index contributed by atoms with van der Waals surface area (Å²) < 4.78 is 67.9. The van der Waals surface area contributed by atoms with Gasteiger partial charge in [-0.3, -0.25) is 4.79 Å². The minimum Gasteiger partial charge on any atom is -0.406 e. The fourth-order valence-corrected chi connectivity index (χ4v) is 4.91. The number of alkyl halides is 3. The minimum absolute atomic E-state index is 0.0968. The maximum Gasteiger partial charge on any atom is 0.573 e. The summed E-state index contributed by atoms with van der Waals surface area (Å²) in [5.41, 5.74) is 1.83. The summed E-state index contributed by atoms with van der Waals surface area (Å²) in [6, 6.07) is 11.8. The summed E-state index contributed by atoms with van der Waals surface area (Å²) in [5, 5.41) is 2.85. The number of carbonyl (C=O) groups is 1. The van der Waals surface area contributed by atoms with Gasteiger partial charge in [-0.25, -0.2) is 8.42 Å². The van der Waals surface area contributed by atoms with Crippen LogP contribution in [-0.4, -0.2) is 38.1 Å². The standard InChI is InChI=1S/C21H23F3N2O4S/c1-2-15-6-8-17(9-7-15)25-20(27)16-10-12-26(13-11-16)31(28,29)19-5-3-4-18(14-19)30-21(22,23)24/h3-9,14,16H,2,10-13H2,1H3,(H,25,27). The van der Waals surface area contributed by atoms with Crippen LogP contribution in [0.15, 0.2) is 53.4 Å². The molecule has 1 amide bonds. The highest BCUT2D eigenvalue weighted by Gasteiger charge is 2.34. The van der Waals surface area contributed by atoms with Crippen molar-refractivity contribution in [3.05, 3.63) is 54.1 Å². The Morgan fingerprint density at radius 2 is 1.77 bits per heavy atom. The quantitative estimate of drug-likeness (QED) is 0.708. The van der Waals surface area contributed by atoms with Gasteiger partial charge in [0.1, 0.15) is 5.75 Å². The zero-order valence-corrected chi connectivity index (χ0v) is 17.7. The van der Waals surface area contributed by atoms with Gasteiger partial charge in [0, 0.05) is 30.8 Å². The fourth-order valence-electron chi connectivity index (χ4n) is 3.41. The van der Waals surface area contributed by atoms with Crippen LogP contribution in [-0.2, 0) is 21.2 Å². The first-order chi connectivity index (χ1) is 14.6. The summed E-state index contributed by atoms with van der Waals surface area (Å²) in [7, 11) is -4.00. The molecule has 0 atom stereocenters. The van der Waals surface area contributed by atoms with Crippen LogP contribution in [0.5, 0.6) is 5.75 Å². The molecule has 1 fully saturated rings. The van der Waals surface area contributed by atoms with E-state index in [0.29, 0.717) is 18.5 Å². The van der Waals surface area contributed by atoms with E-state index in [2.05, 4.69) is 10.1 Å². The lowest BCUT2D eigenvalue weighted by Gasteiger charge is -2.30. The number of benzene rings is 2. The average Bonchev–Trinajstić information content (AvgIpc) is 2.73. The molecule has 0 bridgehead atoms. The van der Waals surface area contributed by atoms with Gasteiger partial charge in [0.05, 0.1) is 4.90 Å². The summed E-state index contributed by atoms with van der Waals surface area (Å²) in [5.74, 6) is -1.13. The topological polar surface area (TPSA) is 75.7 Å².